The Morgan fingerprint density at radius 3 is 2.53 bits per heavy atom. The van der Waals surface area contributed by atoms with E-state index in [1.807, 2.05) is 26.8 Å². The van der Waals surface area contributed by atoms with Crippen molar-refractivity contribution in [1.82, 2.24) is 0 Å². The number of carbonyl (C=O) groups is 1. The van der Waals surface area contributed by atoms with Crippen LogP contribution in [0.15, 0.2) is 18.2 Å². The van der Waals surface area contributed by atoms with Gasteiger partial charge in [0.1, 0.15) is 0 Å². The molecular weight excluding hydrogens is 240 g/mol. The normalized spacial score (nSPS) is 10.6. The summed E-state index contributed by atoms with van der Waals surface area (Å²) in [5.74, 6) is 6.00. The molecule has 0 heterocycles. The van der Waals surface area contributed by atoms with Crippen LogP contribution < -0.4 is 0 Å². The molecule has 0 spiro atoms. The lowest BCUT2D eigenvalue weighted by Gasteiger charge is -2.15. The molecule has 0 unspecified atom stereocenters. The molecule has 0 radical (unpaired) electrons. The van der Waals surface area contributed by atoms with Crippen LogP contribution in [0.4, 0.5) is 0 Å². The van der Waals surface area contributed by atoms with E-state index < -0.39 is 0 Å². The van der Waals surface area contributed by atoms with Gasteiger partial charge in [0.25, 0.3) is 0 Å². The van der Waals surface area contributed by atoms with Gasteiger partial charge in [0.05, 0.1) is 19.3 Å². The number of rotatable bonds is 3. The van der Waals surface area contributed by atoms with E-state index in [1.165, 1.54) is 7.11 Å². The Bertz CT molecular complexity index is 519. The third-order valence-electron chi connectivity index (χ3n) is 2.69. The Kier molecular flexibility index (Phi) is 5.14. The van der Waals surface area contributed by atoms with Crippen LogP contribution in [0, 0.1) is 24.2 Å². The van der Waals surface area contributed by atoms with Gasteiger partial charge in [-0.05, 0) is 44.5 Å². The predicted molar refractivity (Wildman–Crippen MR) is 75.1 cm³/mol. The molecule has 0 saturated heterocycles. The lowest BCUT2D eigenvalue weighted by Crippen LogP contribution is -2.15. The van der Waals surface area contributed by atoms with Crippen molar-refractivity contribution in [2.24, 2.45) is 5.41 Å². The average Bonchev–Trinajstić information content (AvgIpc) is 2.36. The van der Waals surface area contributed by atoms with Gasteiger partial charge in [-0.2, -0.15) is 0 Å². The minimum absolute atomic E-state index is 0.192. The first-order valence-corrected chi connectivity index (χ1v) is 6.11. The molecule has 0 atom stereocenters. The highest BCUT2D eigenvalue weighted by Gasteiger charge is 2.13. The van der Waals surface area contributed by atoms with Crippen molar-refractivity contribution in [1.29, 1.82) is 0 Å². The van der Waals surface area contributed by atoms with Crippen molar-refractivity contribution in [3.8, 4) is 11.8 Å². The second-order valence-corrected chi connectivity index (χ2v) is 5.09. The number of esters is 1. The van der Waals surface area contributed by atoms with Gasteiger partial charge in [-0.25, -0.2) is 4.79 Å². The van der Waals surface area contributed by atoms with Gasteiger partial charge >= 0.3 is 5.97 Å². The Hall–Kier alpha value is -1.79. The summed E-state index contributed by atoms with van der Waals surface area (Å²) < 4.78 is 9.81. The van der Waals surface area contributed by atoms with Crippen LogP contribution in [-0.4, -0.2) is 26.8 Å². The first-order chi connectivity index (χ1) is 8.89. The van der Waals surface area contributed by atoms with Gasteiger partial charge in [-0.1, -0.05) is 11.8 Å². The molecule has 1 aromatic carbocycles. The van der Waals surface area contributed by atoms with E-state index in [0.29, 0.717) is 12.2 Å². The van der Waals surface area contributed by atoms with Gasteiger partial charge < -0.3 is 9.47 Å². The summed E-state index contributed by atoms with van der Waals surface area (Å²) in [6.45, 7) is 6.57. The van der Waals surface area contributed by atoms with E-state index in [0.717, 1.165) is 11.1 Å². The zero-order chi connectivity index (χ0) is 14.5. The maximum atomic E-state index is 11.4. The van der Waals surface area contributed by atoms with Crippen LogP contribution >= 0.6 is 0 Å². The van der Waals surface area contributed by atoms with E-state index in [-0.39, 0.29) is 11.4 Å². The zero-order valence-electron chi connectivity index (χ0n) is 12.2. The minimum Gasteiger partial charge on any atom is -0.465 e. The van der Waals surface area contributed by atoms with Crippen LogP contribution in [0.2, 0.25) is 0 Å². The Balaban J connectivity index is 2.99. The molecule has 0 N–H and O–H groups in total. The fourth-order valence-electron chi connectivity index (χ4n) is 1.68. The number of ether oxygens (including phenoxy) is 2. The number of benzene rings is 1. The minimum atomic E-state index is -0.331. The molecule has 0 aliphatic rings. The number of hydrogen-bond donors (Lipinski definition) is 0. The molecule has 102 valence electrons. The Morgan fingerprint density at radius 2 is 2.00 bits per heavy atom. The standard InChI is InChI=1S/C16H20O3/c1-12-10-14(15(17)19-5)7-6-13(12)8-9-16(2,3)11-18-4/h6-7,10H,11H2,1-5H3. The van der Waals surface area contributed by atoms with E-state index >= 15 is 0 Å². The lowest BCUT2D eigenvalue weighted by molar-refractivity contribution is 0.0600. The quantitative estimate of drug-likeness (QED) is 0.619. The van der Waals surface area contributed by atoms with Crippen molar-refractivity contribution in [3.63, 3.8) is 0 Å². The third-order valence-corrected chi connectivity index (χ3v) is 2.69. The molecule has 0 amide bonds. The summed E-state index contributed by atoms with van der Waals surface area (Å²) in [7, 11) is 3.04. The fraction of sp³-hybridized carbons (Fsp3) is 0.438. The smallest absolute Gasteiger partial charge is 0.337 e. The van der Waals surface area contributed by atoms with Crippen molar-refractivity contribution in [3.05, 3.63) is 34.9 Å². The van der Waals surface area contributed by atoms with Crippen LogP contribution in [0.1, 0.15) is 35.3 Å². The molecule has 19 heavy (non-hydrogen) atoms. The second kappa shape index (κ2) is 6.40. The topological polar surface area (TPSA) is 35.5 Å². The molecule has 0 aliphatic heterocycles. The van der Waals surface area contributed by atoms with Gasteiger partial charge in [0, 0.05) is 18.1 Å². The van der Waals surface area contributed by atoms with E-state index in [1.54, 1.807) is 19.2 Å². The molecule has 1 rings (SSSR count). The molecule has 0 aliphatic carbocycles. The van der Waals surface area contributed by atoms with Crippen LogP contribution in [0.3, 0.4) is 0 Å². The van der Waals surface area contributed by atoms with Crippen molar-refractivity contribution >= 4 is 5.97 Å². The first kappa shape index (κ1) is 15.3. The van der Waals surface area contributed by atoms with Crippen LogP contribution in [0.25, 0.3) is 0 Å². The highest BCUT2D eigenvalue weighted by Crippen LogP contribution is 2.15. The summed E-state index contributed by atoms with van der Waals surface area (Å²) in [4.78, 5) is 11.4. The summed E-state index contributed by atoms with van der Waals surface area (Å²) in [6, 6.07) is 5.36. The Labute approximate surface area is 114 Å². The molecule has 0 saturated carbocycles. The van der Waals surface area contributed by atoms with Crippen molar-refractivity contribution in [2.75, 3.05) is 20.8 Å². The SMILES string of the molecule is COCC(C)(C)C#Cc1ccc(C(=O)OC)cc1C. The van der Waals surface area contributed by atoms with Gasteiger partial charge in [0.15, 0.2) is 0 Å². The number of carbonyl (C=O) groups excluding carboxylic acids is 1. The summed E-state index contributed by atoms with van der Waals surface area (Å²) in [6.07, 6.45) is 0. The molecule has 1 aromatic rings. The highest BCUT2D eigenvalue weighted by atomic mass is 16.5. The van der Waals surface area contributed by atoms with Gasteiger partial charge in [0.2, 0.25) is 0 Å². The van der Waals surface area contributed by atoms with Crippen molar-refractivity contribution < 1.29 is 14.3 Å². The molecule has 0 bridgehead atoms. The number of methoxy groups -OCH3 is 2. The summed E-state index contributed by atoms with van der Waals surface area (Å²) in [5.41, 5.74) is 2.23. The van der Waals surface area contributed by atoms with E-state index in [4.69, 9.17) is 4.74 Å². The third kappa shape index (κ3) is 4.42. The molecule has 0 fully saturated rings. The van der Waals surface area contributed by atoms with Crippen LogP contribution in [-0.2, 0) is 9.47 Å². The number of aryl methyl sites for hydroxylation is 1. The number of hydrogen-bond acceptors (Lipinski definition) is 3. The zero-order valence-corrected chi connectivity index (χ0v) is 12.2. The molecular formula is C16H20O3. The first-order valence-electron chi connectivity index (χ1n) is 6.11. The summed E-state index contributed by atoms with van der Waals surface area (Å²) >= 11 is 0. The Morgan fingerprint density at radius 1 is 1.32 bits per heavy atom. The maximum Gasteiger partial charge on any atom is 0.337 e. The summed E-state index contributed by atoms with van der Waals surface area (Å²) in [5, 5.41) is 0. The van der Waals surface area contributed by atoms with Crippen molar-refractivity contribution in [2.45, 2.75) is 20.8 Å². The monoisotopic (exact) mass is 260 g/mol. The van der Waals surface area contributed by atoms with E-state index in [9.17, 15) is 4.79 Å². The second-order valence-electron chi connectivity index (χ2n) is 5.09. The predicted octanol–water partition coefficient (Wildman–Crippen LogP) is 2.81. The van der Waals surface area contributed by atoms with Gasteiger partial charge in [-0.15, -0.1) is 0 Å². The maximum absolute atomic E-state index is 11.4. The molecule has 3 nitrogen and oxygen atoms in total. The molecule has 3 heteroatoms. The fourth-order valence-corrected chi connectivity index (χ4v) is 1.68. The van der Waals surface area contributed by atoms with E-state index in [2.05, 4.69) is 16.6 Å². The lowest BCUT2D eigenvalue weighted by atomic mass is 9.94. The largest absolute Gasteiger partial charge is 0.465 e. The van der Waals surface area contributed by atoms with Gasteiger partial charge in [-0.3, -0.25) is 0 Å². The molecule has 0 aromatic heterocycles. The highest BCUT2D eigenvalue weighted by molar-refractivity contribution is 5.89. The van der Waals surface area contributed by atoms with Crippen LogP contribution in [0.5, 0.6) is 0 Å². The average molecular weight is 260 g/mol.